The van der Waals surface area contributed by atoms with Crippen LogP contribution in [0.4, 0.5) is 0 Å². The SMILES string of the molecule is c1ccc(SCc2[nH]c3ccccc3c2Sc2ccccc2)cc1. The molecule has 4 rings (SSSR count). The molecule has 3 heteroatoms. The third-order valence-corrected chi connectivity index (χ3v) is 6.04. The molecule has 3 aromatic carbocycles. The molecule has 0 radical (unpaired) electrons. The maximum Gasteiger partial charge on any atom is 0.0468 e. The number of fused-ring (bicyclic) bond motifs is 1. The van der Waals surface area contributed by atoms with Crippen LogP contribution in [0.25, 0.3) is 10.9 Å². The summed E-state index contributed by atoms with van der Waals surface area (Å²) in [5, 5.41) is 1.30. The van der Waals surface area contributed by atoms with Crippen molar-refractivity contribution in [2.24, 2.45) is 0 Å². The molecule has 0 aliphatic heterocycles. The van der Waals surface area contributed by atoms with Gasteiger partial charge >= 0.3 is 0 Å². The number of H-pyrrole nitrogens is 1. The van der Waals surface area contributed by atoms with Crippen LogP contribution in [-0.4, -0.2) is 4.98 Å². The summed E-state index contributed by atoms with van der Waals surface area (Å²) < 4.78 is 0. The van der Waals surface area contributed by atoms with Gasteiger partial charge < -0.3 is 4.98 Å². The number of aromatic nitrogens is 1. The summed E-state index contributed by atoms with van der Waals surface area (Å²) in [7, 11) is 0. The van der Waals surface area contributed by atoms with Crippen LogP contribution in [-0.2, 0) is 5.75 Å². The van der Waals surface area contributed by atoms with Gasteiger partial charge in [0.2, 0.25) is 0 Å². The molecule has 1 N–H and O–H groups in total. The monoisotopic (exact) mass is 347 g/mol. The maximum absolute atomic E-state index is 3.61. The van der Waals surface area contributed by atoms with Crippen molar-refractivity contribution in [2.45, 2.75) is 20.4 Å². The highest BCUT2D eigenvalue weighted by Gasteiger charge is 2.13. The fourth-order valence-corrected chi connectivity index (χ4v) is 4.70. The second-order valence-electron chi connectivity index (χ2n) is 5.50. The Hall–Kier alpha value is -2.10. The van der Waals surface area contributed by atoms with Crippen molar-refractivity contribution in [1.82, 2.24) is 4.98 Å². The molecule has 0 bridgehead atoms. The van der Waals surface area contributed by atoms with E-state index in [-0.39, 0.29) is 0 Å². The third kappa shape index (κ3) is 3.37. The van der Waals surface area contributed by atoms with Gasteiger partial charge in [-0.3, -0.25) is 0 Å². The topological polar surface area (TPSA) is 15.8 Å². The lowest BCUT2D eigenvalue weighted by Gasteiger charge is -2.05. The van der Waals surface area contributed by atoms with Crippen molar-refractivity contribution < 1.29 is 0 Å². The number of rotatable bonds is 5. The first kappa shape index (κ1) is 15.4. The highest BCUT2D eigenvalue weighted by Crippen LogP contribution is 2.38. The third-order valence-electron chi connectivity index (χ3n) is 3.82. The summed E-state index contributed by atoms with van der Waals surface area (Å²) in [6.07, 6.45) is 0. The second kappa shape index (κ2) is 7.20. The van der Waals surface area contributed by atoms with Crippen LogP contribution in [0.15, 0.2) is 99.6 Å². The largest absolute Gasteiger partial charge is 0.357 e. The zero-order valence-electron chi connectivity index (χ0n) is 13.1. The molecule has 4 aromatic rings. The standard InChI is InChI=1S/C21H17NS2/c1-3-9-16(10-4-1)23-15-20-21(24-17-11-5-2-6-12-17)18-13-7-8-14-19(18)22-20/h1-14,22H,15H2. The lowest BCUT2D eigenvalue weighted by molar-refractivity contribution is 1.19. The zero-order chi connectivity index (χ0) is 16.2. The van der Waals surface area contributed by atoms with Crippen LogP contribution in [0, 0.1) is 0 Å². The van der Waals surface area contributed by atoms with Gasteiger partial charge in [0.25, 0.3) is 0 Å². The fraction of sp³-hybridized carbons (Fsp3) is 0.0476. The van der Waals surface area contributed by atoms with Gasteiger partial charge in [0.1, 0.15) is 0 Å². The van der Waals surface area contributed by atoms with Crippen LogP contribution >= 0.6 is 23.5 Å². The van der Waals surface area contributed by atoms with Crippen LogP contribution in [0.1, 0.15) is 5.69 Å². The Bertz CT molecular complexity index is 930. The van der Waals surface area contributed by atoms with E-state index in [1.54, 1.807) is 0 Å². The van der Waals surface area contributed by atoms with E-state index in [4.69, 9.17) is 0 Å². The lowest BCUT2D eigenvalue weighted by Crippen LogP contribution is -1.84. The van der Waals surface area contributed by atoms with Crippen molar-refractivity contribution in [1.29, 1.82) is 0 Å². The van der Waals surface area contributed by atoms with E-state index in [1.807, 2.05) is 23.5 Å². The van der Waals surface area contributed by atoms with Crippen molar-refractivity contribution in [3.8, 4) is 0 Å². The van der Waals surface area contributed by atoms with E-state index < -0.39 is 0 Å². The van der Waals surface area contributed by atoms with Gasteiger partial charge in [-0.15, -0.1) is 11.8 Å². The van der Waals surface area contributed by atoms with Gasteiger partial charge in [0.05, 0.1) is 0 Å². The van der Waals surface area contributed by atoms with Gasteiger partial charge in [-0.25, -0.2) is 0 Å². The van der Waals surface area contributed by atoms with Gasteiger partial charge in [0, 0.05) is 37.0 Å². The predicted molar refractivity (Wildman–Crippen MR) is 105 cm³/mol. The number of nitrogens with one attached hydrogen (secondary N) is 1. The molecular formula is C21H17NS2. The fourth-order valence-electron chi connectivity index (χ4n) is 2.67. The molecule has 0 amide bonds. The predicted octanol–water partition coefficient (Wildman–Crippen LogP) is 6.61. The van der Waals surface area contributed by atoms with Crippen molar-refractivity contribution >= 4 is 34.4 Å². The van der Waals surface area contributed by atoms with Crippen molar-refractivity contribution in [3.63, 3.8) is 0 Å². The Kier molecular flexibility index (Phi) is 4.63. The first-order valence-corrected chi connectivity index (χ1v) is 9.71. The summed E-state index contributed by atoms with van der Waals surface area (Å²) in [5.41, 5.74) is 2.50. The van der Waals surface area contributed by atoms with Gasteiger partial charge in [-0.1, -0.05) is 66.4 Å². The summed E-state index contributed by atoms with van der Waals surface area (Å²) in [6, 6.07) is 29.7. The van der Waals surface area contributed by atoms with E-state index >= 15 is 0 Å². The van der Waals surface area contributed by atoms with Crippen LogP contribution < -0.4 is 0 Å². The van der Waals surface area contributed by atoms with E-state index in [0.29, 0.717) is 0 Å². The highest BCUT2D eigenvalue weighted by atomic mass is 32.2. The first-order valence-electron chi connectivity index (χ1n) is 7.90. The van der Waals surface area contributed by atoms with Gasteiger partial charge in [0.15, 0.2) is 0 Å². The molecule has 0 atom stereocenters. The minimum Gasteiger partial charge on any atom is -0.357 e. The molecule has 0 unspecified atom stereocenters. The molecule has 0 spiro atoms. The molecule has 0 saturated heterocycles. The second-order valence-corrected chi connectivity index (χ2v) is 7.63. The van der Waals surface area contributed by atoms with Crippen LogP contribution in [0.2, 0.25) is 0 Å². The Balaban J connectivity index is 1.67. The summed E-state index contributed by atoms with van der Waals surface area (Å²) in [5.74, 6) is 0.938. The molecule has 118 valence electrons. The first-order chi connectivity index (χ1) is 11.9. The number of thioether (sulfide) groups is 1. The molecule has 1 nitrogen and oxygen atoms in total. The lowest BCUT2D eigenvalue weighted by atomic mass is 10.2. The van der Waals surface area contributed by atoms with E-state index in [2.05, 4.69) is 89.9 Å². The average Bonchev–Trinajstić information content (AvgIpc) is 2.99. The Morgan fingerprint density at radius 2 is 1.29 bits per heavy atom. The maximum atomic E-state index is 3.61. The molecule has 1 aromatic heterocycles. The Labute approximate surface area is 150 Å². The van der Waals surface area contributed by atoms with Gasteiger partial charge in [-0.2, -0.15) is 0 Å². The molecule has 0 aliphatic rings. The quantitative estimate of drug-likeness (QED) is 0.409. The van der Waals surface area contributed by atoms with E-state index in [1.165, 1.54) is 31.3 Å². The molecular weight excluding hydrogens is 330 g/mol. The highest BCUT2D eigenvalue weighted by molar-refractivity contribution is 8.00. The summed E-state index contributed by atoms with van der Waals surface area (Å²) in [6.45, 7) is 0. The minimum atomic E-state index is 0.938. The van der Waals surface area contributed by atoms with Gasteiger partial charge in [-0.05, 0) is 30.3 Å². The van der Waals surface area contributed by atoms with E-state index in [9.17, 15) is 0 Å². The summed E-state index contributed by atoms with van der Waals surface area (Å²) in [4.78, 5) is 7.52. The van der Waals surface area contributed by atoms with Crippen molar-refractivity contribution in [3.05, 3.63) is 90.6 Å². The van der Waals surface area contributed by atoms with Crippen LogP contribution in [0.3, 0.4) is 0 Å². The number of hydrogen-bond acceptors (Lipinski definition) is 2. The normalized spacial score (nSPS) is 11.0. The number of benzene rings is 3. The molecule has 24 heavy (non-hydrogen) atoms. The Morgan fingerprint density at radius 3 is 2.04 bits per heavy atom. The molecule has 0 saturated carbocycles. The molecule has 1 heterocycles. The Morgan fingerprint density at radius 1 is 0.667 bits per heavy atom. The zero-order valence-corrected chi connectivity index (χ0v) is 14.7. The molecule has 0 aliphatic carbocycles. The number of hydrogen-bond donors (Lipinski definition) is 1. The minimum absolute atomic E-state index is 0.938. The average molecular weight is 348 g/mol. The van der Waals surface area contributed by atoms with Crippen molar-refractivity contribution in [2.75, 3.05) is 0 Å². The number of aromatic amines is 1. The van der Waals surface area contributed by atoms with Crippen LogP contribution in [0.5, 0.6) is 0 Å². The summed E-state index contributed by atoms with van der Waals surface area (Å²) >= 11 is 3.71. The molecule has 0 fully saturated rings. The number of para-hydroxylation sites is 1. The van der Waals surface area contributed by atoms with E-state index in [0.717, 1.165) is 5.75 Å². The smallest absolute Gasteiger partial charge is 0.0468 e.